The molecule has 0 aromatic rings. The number of hydrogen-bond donors (Lipinski definition) is 1. The van der Waals surface area contributed by atoms with Gasteiger partial charge in [0, 0.05) is 6.92 Å². The van der Waals surface area contributed by atoms with Crippen LogP contribution < -0.4 is 5.84 Å². The molecule has 0 saturated carbocycles. The molecule has 0 aliphatic heterocycles. The molecule has 0 spiro atoms. The van der Waals surface area contributed by atoms with Crippen molar-refractivity contribution in [1.29, 1.82) is 0 Å². The van der Waals surface area contributed by atoms with Crippen LogP contribution in [0.15, 0.2) is 10.1 Å². The van der Waals surface area contributed by atoms with Crippen molar-refractivity contribution in [2.75, 3.05) is 0 Å². The van der Waals surface area contributed by atoms with E-state index in [1.54, 1.807) is 0 Å². The van der Waals surface area contributed by atoms with Crippen molar-refractivity contribution in [3.8, 4) is 0 Å². The summed E-state index contributed by atoms with van der Waals surface area (Å²) in [6, 6.07) is 1.93. The Morgan fingerprint density at radius 1 is 1.86 bits per heavy atom. The monoisotopic (exact) mass is 99.0 g/mol. The van der Waals surface area contributed by atoms with E-state index in [0.717, 1.165) is 0 Å². The highest BCUT2D eigenvalue weighted by atomic mass is 16.1. The topological polar surface area (TPSA) is 67.8 Å². The van der Waals surface area contributed by atoms with Crippen LogP contribution in [-0.4, -0.2) is 11.9 Å². The van der Waals surface area contributed by atoms with Crippen LogP contribution in [0, 0.1) is 0 Å². The van der Waals surface area contributed by atoms with Crippen molar-refractivity contribution in [1.82, 2.24) is 0 Å². The Labute approximate surface area is 40.7 Å². The van der Waals surface area contributed by atoms with E-state index < -0.39 is 0 Å². The van der Waals surface area contributed by atoms with Crippen LogP contribution >= 0.6 is 0 Å². The first-order chi connectivity index (χ1) is 3.27. The number of amides is 1. The number of hydrogen-bond acceptors (Lipinski definition) is 3. The smallest absolute Gasteiger partial charge is 0.252 e. The van der Waals surface area contributed by atoms with Gasteiger partial charge in [0.1, 0.15) is 6.01 Å². The van der Waals surface area contributed by atoms with E-state index in [0.29, 0.717) is 0 Å². The number of carbonyl (C=O) groups is 1. The Hall–Kier alpha value is -1.15. The molecule has 0 radical (unpaired) electrons. The zero-order valence-corrected chi connectivity index (χ0v) is 3.88. The maximum Gasteiger partial charge on any atom is 0.252 e. The van der Waals surface area contributed by atoms with Gasteiger partial charge in [-0.1, -0.05) is 0 Å². The quantitative estimate of drug-likeness (QED) is 0.254. The van der Waals surface area contributed by atoms with Crippen LogP contribution in [0.1, 0.15) is 6.92 Å². The second-order valence-corrected chi connectivity index (χ2v) is 0.860. The molecule has 1 amide bonds. The molecule has 0 heterocycles. The fraction of sp³-hybridized carbons (Fsp3) is 0.333. The van der Waals surface area contributed by atoms with Gasteiger partial charge in [0.2, 0.25) is 0 Å². The number of aliphatic imine (C=N–C) groups is 1. The van der Waals surface area contributed by atoms with Gasteiger partial charge in [0.15, 0.2) is 0 Å². The van der Waals surface area contributed by atoms with Gasteiger partial charge < -0.3 is 5.84 Å². The predicted octanol–water partition coefficient (Wildman–Crippen LogP) is -0.419. The first-order valence-corrected chi connectivity index (χ1v) is 1.63. The van der Waals surface area contributed by atoms with Crippen molar-refractivity contribution in [3.05, 3.63) is 0 Å². The molecule has 0 aliphatic rings. The van der Waals surface area contributed by atoms with E-state index in [2.05, 4.69) is 15.9 Å². The number of carbonyl (C=O) groups excluding carboxylic acids is 1. The van der Waals surface area contributed by atoms with E-state index in [4.69, 9.17) is 0 Å². The zero-order valence-electron chi connectivity index (χ0n) is 3.88. The normalized spacial score (nSPS) is 6.43. The van der Waals surface area contributed by atoms with Crippen LogP contribution in [0.4, 0.5) is 0 Å². The van der Waals surface area contributed by atoms with Gasteiger partial charge >= 0.3 is 0 Å². The summed E-state index contributed by atoms with van der Waals surface area (Å²) in [5.41, 5.74) is 0. The largest absolute Gasteiger partial charge is 0.314 e. The third-order valence-electron chi connectivity index (χ3n) is 0.265. The SMILES string of the molecule is CC(=O)N=C=NN. The summed E-state index contributed by atoms with van der Waals surface area (Å²) in [5.74, 6) is 4.19. The van der Waals surface area contributed by atoms with Gasteiger partial charge in [0.05, 0.1) is 0 Å². The molecule has 0 aliphatic carbocycles. The Bertz CT molecular complexity index is 122. The highest BCUT2D eigenvalue weighted by Crippen LogP contribution is 1.62. The predicted molar refractivity (Wildman–Crippen MR) is 24.7 cm³/mol. The van der Waals surface area contributed by atoms with Gasteiger partial charge in [-0.15, -0.1) is 10.1 Å². The maximum absolute atomic E-state index is 9.86. The van der Waals surface area contributed by atoms with Crippen LogP contribution in [0.5, 0.6) is 0 Å². The lowest BCUT2D eigenvalue weighted by Crippen LogP contribution is -1.81. The standard InChI is InChI=1S/C3H5N3O/c1-3(7)5-2-6-4/h4H2,1H3. The van der Waals surface area contributed by atoms with E-state index >= 15 is 0 Å². The molecule has 4 nitrogen and oxygen atoms in total. The number of hydrazone groups is 1. The Balaban J connectivity index is 3.70. The highest BCUT2D eigenvalue weighted by Gasteiger charge is 1.75. The Morgan fingerprint density at radius 3 is 2.57 bits per heavy atom. The van der Waals surface area contributed by atoms with Crippen molar-refractivity contribution >= 4 is 11.9 Å². The van der Waals surface area contributed by atoms with Gasteiger partial charge in [-0.25, -0.2) is 0 Å². The van der Waals surface area contributed by atoms with Crippen LogP contribution in [-0.2, 0) is 4.79 Å². The summed E-state index contributed by atoms with van der Waals surface area (Å²) in [5, 5.41) is 2.84. The van der Waals surface area contributed by atoms with Crippen LogP contribution in [0.25, 0.3) is 0 Å². The first-order valence-electron chi connectivity index (χ1n) is 1.63. The van der Waals surface area contributed by atoms with Crippen molar-refractivity contribution in [2.24, 2.45) is 15.9 Å². The van der Waals surface area contributed by atoms with Gasteiger partial charge in [-0.2, -0.15) is 0 Å². The van der Waals surface area contributed by atoms with Crippen molar-refractivity contribution in [2.45, 2.75) is 6.92 Å². The van der Waals surface area contributed by atoms with Crippen LogP contribution in [0.2, 0.25) is 0 Å². The first kappa shape index (κ1) is 5.85. The van der Waals surface area contributed by atoms with Crippen LogP contribution in [0.3, 0.4) is 0 Å². The third kappa shape index (κ3) is 4.85. The molecule has 4 heteroatoms. The van der Waals surface area contributed by atoms with E-state index in [1.165, 1.54) is 6.92 Å². The molecule has 0 fully saturated rings. The molecule has 38 valence electrons. The molecule has 0 aromatic carbocycles. The summed E-state index contributed by atoms with van der Waals surface area (Å²) >= 11 is 0. The zero-order chi connectivity index (χ0) is 5.70. The van der Waals surface area contributed by atoms with Gasteiger partial charge in [-0.05, 0) is 0 Å². The fourth-order valence-electron chi connectivity index (χ4n) is 0.0993. The number of nitrogens with two attached hydrogens (primary N) is 1. The average Bonchev–Trinajstić information content (AvgIpc) is 1.61. The summed E-state index contributed by atoms with van der Waals surface area (Å²) in [6.45, 7) is 1.29. The third-order valence-corrected chi connectivity index (χ3v) is 0.265. The van der Waals surface area contributed by atoms with Gasteiger partial charge in [0.25, 0.3) is 5.91 Å². The fourth-order valence-corrected chi connectivity index (χ4v) is 0.0993. The molecule has 0 atom stereocenters. The number of nitrogens with zero attached hydrogens (tertiary/aromatic N) is 2. The average molecular weight is 99.1 g/mol. The second-order valence-electron chi connectivity index (χ2n) is 0.860. The lowest BCUT2D eigenvalue weighted by molar-refractivity contribution is -0.115. The van der Waals surface area contributed by atoms with E-state index in [-0.39, 0.29) is 5.91 Å². The maximum atomic E-state index is 9.86. The Morgan fingerprint density at radius 2 is 2.43 bits per heavy atom. The lowest BCUT2D eigenvalue weighted by Gasteiger charge is -1.65. The molecule has 2 N–H and O–H groups in total. The minimum absolute atomic E-state index is 0.353. The molecule has 0 saturated heterocycles. The molecule has 0 bridgehead atoms. The summed E-state index contributed by atoms with van der Waals surface area (Å²) < 4.78 is 0. The summed E-state index contributed by atoms with van der Waals surface area (Å²) in [7, 11) is 0. The molecule has 0 rings (SSSR count). The van der Waals surface area contributed by atoms with E-state index in [9.17, 15) is 4.79 Å². The Kier molecular flexibility index (Phi) is 2.55. The van der Waals surface area contributed by atoms with Gasteiger partial charge in [-0.3, -0.25) is 4.79 Å². The van der Waals surface area contributed by atoms with Crippen molar-refractivity contribution in [3.63, 3.8) is 0 Å². The minimum atomic E-state index is -0.353. The lowest BCUT2D eigenvalue weighted by atomic mass is 10.8. The second kappa shape index (κ2) is 3.06. The molecule has 0 unspecified atom stereocenters. The van der Waals surface area contributed by atoms with Crippen molar-refractivity contribution < 1.29 is 4.79 Å². The molecular formula is C3H5N3O. The molecular weight excluding hydrogens is 94.1 g/mol. The number of rotatable bonds is 0. The summed E-state index contributed by atoms with van der Waals surface area (Å²) in [6.07, 6.45) is 0. The summed E-state index contributed by atoms with van der Waals surface area (Å²) in [4.78, 5) is 12.9. The van der Waals surface area contributed by atoms with E-state index in [1.807, 2.05) is 6.01 Å². The minimum Gasteiger partial charge on any atom is -0.314 e. The highest BCUT2D eigenvalue weighted by molar-refractivity contribution is 5.79. The molecule has 0 aromatic heterocycles. The molecule has 7 heavy (non-hydrogen) atoms.